The molecule has 2 aromatic carbocycles. The molecule has 4 nitrogen and oxygen atoms in total. The highest BCUT2D eigenvalue weighted by Crippen LogP contribution is 2.38. The minimum absolute atomic E-state index is 0.0356. The Bertz CT molecular complexity index is 826. The van der Waals surface area contributed by atoms with Crippen LogP contribution in [0.2, 0.25) is 0 Å². The maximum atomic E-state index is 12.6. The number of aliphatic hydroxyl groups excluding tert-OH is 1. The number of alkyl halides is 3. The van der Waals surface area contributed by atoms with Gasteiger partial charge in [0.25, 0.3) is 0 Å². The van der Waals surface area contributed by atoms with E-state index >= 15 is 0 Å². The van der Waals surface area contributed by atoms with Crippen molar-refractivity contribution in [2.45, 2.75) is 17.9 Å². The predicted octanol–water partition coefficient (Wildman–Crippen LogP) is 2.33. The first-order valence-corrected chi connectivity index (χ1v) is 6.93. The lowest BCUT2D eigenvalue weighted by molar-refractivity contribution is -0.137. The summed E-state index contributed by atoms with van der Waals surface area (Å²) in [6.45, 7) is 0. The molecule has 1 aliphatic rings. The van der Waals surface area contributed by atoms with E-state index in [1.165, 1.54) is 24.3 Å². The lowest BCUT2D eigenvalue weighted by Gasteiger charge is -2.35. The molecule has 124 valence electrons. The minimum Gasteiger partial charge on any atom is -0.381 e. The molecule has 0 heterocycles. The zero-order valence-corrected chi connectivity index (χ0v) is 12.0. The van der Waals surface area contributed by atoms with E-state index in [4.69, 9.17) is 0 Å². The summed E-state index contributed by atoms with van der Waals surface area (Å²) in [5, 5.41) is 20.8. The third-order valence-corrected chi connectivity index (χ3v) is 4.08. The molecule has 0 radical (unpaired) electrons. The van der Waals surface area contributed by atoms with Gasteiger partial charge in [-0.25, -0.2) is 0 Å². The van der Waals surface area contributed by atoms with E-state index in [-0.39, 0.29) is 16.7 Å². The van der Waals surface area contributed by atoms with Crippen LogP contribution >= 0.6 is 0 Å². The number of carbonyl (C=O) groups excluding carboxylic acids is 2. The second-order valence-corrected chi connectivity index (χ2v) is 5.48. The molecule has 0 saturated carbocycles. The Morgan fingerprint density at radius 2 is 1.46 bits per heavy atom. The van der Waals surface area contributed by atoms with Gasteiger partial charge in [0, 0.05) is 11.1 Å². The molecule has 0 fully saturated rings. The molecule has 3 rings (SSSR count). The normalized spacial score (nSPS) is 24.0. The molecule has 7 heteroatoms. The maximum absolute atomic E-state index is 12.6. The number of rotatable bonds is 1. The standard InChI is InChI=1S/C17H11F3O4/c18-17(19,20)10-7-5-9(6-8-10)16(24)14(22)12-4-2-1-3-11(12)13(21)15(16)23/h1-8,15,23-24H/t15-,16+/m0/s1. The third kappa shape index (κ3) is 2.24. The molecule has 2 aromatic rings. The summed E-state index contributed by atoms with van der Waals surface area (Å²) in [6.07, 6.45) is -6.68. The van der Waals surface area contributed by atoms with Crippen LogP contribution in [0.15, 0.2) is 48.5 Å². The van der Waals surface area contributed by atoms with E-state index in [1.807, 2.05) is 0 Å². The van der Waals surface area contributed by atoms with Crippen molar-refractivity contribution in [2.24, 2.45) is 0 Å². The molecule has 0 spiro atoms. The Labute approximate surface area is 134 Å². The largest absolute Gasteiger partial charge is 0.416 e. The van der Waals surface area contributed by atoms with Gasteiger partial charge in [-0.15, -0.1) is 0 Å². The number of aliphatic hydroxyl groups is 2. The quantitative estimate of drug-likeness (QED) is 0.838. The lowest BCUT2D eigenvalue weighted by Crippen LogP contribution is -2.54. The molecule has 0 aromatic heterocycles. The van der Waals surface area contributed by atoms with Crippen molar-refractivity contribution in [1.82, 2.24) is 0 Å². The van der Waals surface area contributed by atoms with Crippen LogP contribution in [0.3, 0.4) is 0 Å². The van der Waals surface area contributed by atoms with Gasteiger partial charge in [0.2, 0.25) is 5.78 Å². The number of carbonyl (C=O) groups is 2. The molecule has 0 bridgehead atoms. The van der Waals surface area contributed by atoms with Crippen molar-refractivity contribution in [1.29, 1.82) is 0 Å². The third-order valence-electron chi connectivity index (χ3n) is 4.08. The van der Waals surface area contributed by atoms with Gasteiger partial charge in [-0.2, -0.15) is 13.2 Å². The molecule has 2 atom stereocenters. The Kier molecular flexibility index (Phi) is 3.58. The van der Waals surface area contributed by atoms with E-state index in [0.717, 1.165) is 12.1 Å². The van der Waals surface area contributed by atoms with E-state index in [0.29, 0.717) is 12.1 Å². The molecule has 0 amide bonds. The van der Waals surface area contributed by atoms with Gasteiger partial charge in [-0.3, -0.25) is 9.59 Å². The number of hydrogen-bond acceptors (Lipinski definition) is 4. The van der Waals surface area contributed by atoms with Crippen LogP contribution in [-0.4, -0.2) is 27.9 Å². The number of halogens is 3. The summed E-state index contributed by atoms with van der Waals surface area (Å²) in [4.78, 5) is 24.8. The number of fused-ring (bicyclic) bond motifs is 1. The van der Waals surface area contributed by atoms with Crippen molar-refractivity contribution < 1.29 is 33.0 Å². The van der Waals surface area contributed by atoms with Crippen molar-refractivity contribution >= 4 is 11.6 Å². The summed E-state index contributed by atoms with van der Waals surface area (Å²) in [7, 11) is 0. The van der Waals surface area contributed by atoms with E-state index < -0.39 is 35.0 Å². The average molecular weight is 336 g/mol. The van der Waals surface area contributed by atoms with E-state index in [9.17, 15) is 33.0 Å². The molecular formula is C17H11F3O4. The van der Waals surface area contributed by atoms with Gasteiger partial charge in [0.1, 0.15) is 0 Å². The van der Waals surface area contributed by atoms with Crippen LogP contribution in [-0.2, 0) is 11.8 Å². The van der Waals surface area contributed by atoms with Gasteiger partial charge in [-0.1, -0.05) is 36.4 Å². The molecule has 1 aliphatic carbocycles. The Morgan fingerprint density at radius 3 is 2.00 bits per heavy atom. The van der Waals surface area contributed by atoms with Gasteiger partial charge in [-0.05, 0) is 17.7 Å². The smallest absolute Gasteiger partial charge is 0.381 e. The minimum atomic E-state index is -4.58. The zero-order valence-electron chi connectivity index (χ0n) is 12.0. The fraction of sp³-hybridized carbons (Fsp3) is 0.176. The highest BCUT2D eigenvalue weighted by atomic mass is 19.4. The fourth-order valence-corrected chi connectivity index (χ4v) is 2.76. The van der Waals surface area contributed by atoms with Crippen LogP contribution in [0.4, 0.5) is 13.2 Å². The van der Waals surface area contributed by atoms with Crippen molar-refractivity contribution in [3.05, 3.63) is 70.8 Å². The zero-order chi connectivity index (χ0) is 17.7. The monoisotopic (exact) mass is 336 g/mol. The Hall–Kier alpha value is -2.51. The number of Topliss-reactive ketones (excluding diaryl/α,β-unsaturated/α-hetero) is 2. The summed E-state index contributed by atoms with van der Waals surface area (Å²) in [6, 6.07) is 8.75. The molecule has 2 N–H and O–H groups in total. The average Bonchev–Trinajstić information content (AvgIpc) is 2.57. The number of benzene rings is 2. The summed E-state index contributed by atoms with van der Waals surface area (Å²) in [5.74, 6) is -1.81. The Balaban J connectivity index is 2.13. The first kappa shape index (κ1) is 16.4. The number of hydrogen-bond donors (Lipinski definition) is 2. The SMILES string of the molecule is O=C1c2ccccc2C(=O)[C@](O)(c2ccc(C(F)(F)F)cc2)[C@H]1O. The summed E-state index contributed by atoms with van der Waals surface area (Å²) >= 11 is 0. The van der Waals surface area contributed by atoms with Crippen molar-refractivity contribution in [3.8, 4) is 0 Å². The fourth-order valence-electron chi connectivity index (χ4n) is 2.76. The van der Waals surface area contributed by atoms with Gasteiger partial charge >= 0.3 is 6.18 Å². The molecule has 0 saturated heterocycles. The number of ketones is 2. The van der Waals surface area contributed by atoms with Crippen LogP contribution < -0.4 is 0 Å². The maximum Gasteiger partial charge on any atom is 0.416 e. The van der Waals surface area contributed by atoms with Crippen molar-refractivity contribution in [3.63, 3.8) is 0 Å². The van der Waals surface area contributed by atoms with E-state index in [2.05, 4.69) is 0 Å². The van der Waals surface area contributed by atoms with E-state index in [1.54, 1.807) is 0 Å². The first-order chi connectivity index (χ1) is 11.2. The lowest BCUT2D eigenvalue weighted by atomic mass is 9.72. The molecule has 24 heavy (non-hydrogen) atoms. The van der Waals surface area contributed by atoms with Crippen LogP contribution in [0.25, 0.3) is 0 Å². The topological polar surface area (TPSA) is 74.6 Å². The van der Waals surface area contributed by atoms with Gasteiger partial charge < -0.3 is 10.2 Å². The van der Waals surface area contributed by atoms with Crippen LogP contribution in [0.1, 0.15) is 31.8 Å². The molecular weight excluding hydrogens is 325 g/mol. The second-order valence-electron chi connectivity index (χ2n) is 5.48. The summed E-state index contributed by atoms with van der Waals surface area (Å²) < 4.78 is 37.9. The van der Waals surface area contributed by atoms with Crippen LogP contribution in [0, 0.1) is 0 Å². The van der Waals surface area contributed by atoms with Crippen LogP contribution in [0.5, 0.6) is 0 Å². The first-order valence-electron chi connectivity index (χ1n) is 6.93. The Morgan fingerprint density at radius 1 is 0.917 bits per heavy atom. The summed E-state index contributed by atoms with van der Waals surface area (Å²) in [5.41, 5.74) is -4.01. The predicted molar refractivity (Wildman–Crippen MR) is 76.5 cm³/mol. The molecule has 0 unspecified atom stereocenters. The van der Waals surface area contributed by atoms with Gasteiger partial charge in [0.05, 0.1) is 5.56 Å². The highest BCUT2D eigenvalue weighted by molar-refractivity contribution is 6.20. The second kappa shape index (κ2) is 5.25. The van der Waals surface area contributed by atoms with Gasteiger partial charge in [0.15, 0.2) is 17.5 Å². The molecule has 0 aliphatic heterocycles. The van der Waals surface area contributed by atoms with Crippen molar-refractivity contribution in [2.75, 3.05) is 0 Å². The highest BCUT2D eigenvalue weighted by Gasteiger charge is 2.53.